The van der Waals surface area contributed by atoms with Gasteiger partial charge in [-0.25, -0.2) is 9.37 Å². The fraction of sp³-hybridized carbons (Fsp3) is 0.472. The van der Waals surface area contributed by atoms with Crippen molar-refractivity contribution < 1.29 is 14.0 Å². The van der Waals surface area contributed by atoms with Gasteiger partial charge in [-0.1, -0.05) is 6.07 Å². The number of piperazine rings is 1. The van der Waals surface area contributed by atoms with Crippen molar-refractivity contribution in [1.82, 2.24) is 20.1 Å². The van der Waals surface area contributed by atoms with Crippen molar-refractivity contribution in [2.75, 3.05) is 54.9 Å². The first-order valence-electron chi connectivity index (χ1n) is 16.8. The van der Waals surface area contributed by atoms with Gasteiger partial charge in [-0.05, 0) is 106 Å². The van der Waals surface area contributed by atoms with E-state index in [4.69, 9.17) is 4.98 Å². The maximum Gasteiger partial charge on any atom is 0.251 e. The minimum absolute atomic E-state index is 0.0596. The van der Waals surface area contributed by atoms with Crippen LogP contribution in [0, 0.1) is 11.7 Å². The molecule has 3 aromatic rings. The van der Waals surface area contributed by atoms with Crippen molar-refractivity contribution in [1.29, 1.82) is 0 Å². The summed E-state index contributed by atoms with van der Waals surface area (Å²) in [6.45, 7) is 7.85. The maximum atomic E-state index is 13.7. The van der Waals surface area contributed by atoms with E-state index in [1.807, 2.05) is 48.2 Å². The van der Waals surface area contributed by atoms with Crippen LogP contribution in [-0.4, -0.2) is 84.5 Å². The second kappa shape index (κ2) is 13.0. The van der Waals surface area contributed by atoms with Crippen molar-refractivity contribution in [3.05, 3.63) is 72.0 Å². The zero-order chi connectivity index (χ0) is 31.8. The average Bonchev–Trinajstić information content (AvgIpc) is 3.89. The molecule has 1 aromatic heterocycles. The van der Waals surface area contributed by atoms with Crippen LogP contribution in [0.25, 0.3) is 0 Å². The van der Waals surface area contributed by atoms with Crippen molar-refractivity contribution >= 4 is 40.5 Å². The number of halogens is 1. The van der Waals surface area contributed by atoms with Crippen LogP contribution in [0.1, 0.15) is 55.8 Å². The van der Waals surface area contributed by atoms with Gasteiger partial charge in [0.05, 0.1) is 5.69 Å². The molecule has 0 unspecified atom stereocenters. The molecule has 2 aromatic carbocycles. The van der Waals surface area contributed by atoms with Gasteiger partial charge in [0.15, 0.2) is 5.82 Å². The quantitative estimate of drug-likeness (QED) is 0.340. The Bertz CT molecular complexity index is 1560. The van der Waals surface area contributed by atoms with Crippen LogP contribution in [0.4, 0.5) is 33.1 Å². The molecule has 1 atom stereocenters. The normalized spacial score (nSPS) is 24.1. The van der Waals surface area contributed by atoms with E-state index in [9.17, 15) is 14.0 Å². The first-order chi connectivity index (χ1) is 22.3. The lowest BCUT2D eigenvalue weighted by Crippen LogP contribution is -2.52. The number of hydrogen-bond acceptors (Lipinski definition) is 7. The summed E-state index contributed by atoms with van der Waals surface area (Å²) in [5.41, 5.74) is 2.69. The number of nitrogens with one attached hydrogen (secondary N) is 2. The Hall–Kier alpha value is -4.02. The summed E-state index contributed by atoms with van der Waals surface area (Å²) in [6.07, 6.45) is 7.12. The summed E-state index contributed by atoms with van der Waals surface area (Å²) in [5.74, 6) is 1.65. The molecule has 46 heavy (non-hydrogen) atoms. The first kappa shape index (κ1) is 30.6. The van der Waals surface area contributed by atoms with Gasteiger partial charge in [-0.15, -0.1) is 0 Å². The van der Waals surface area contributed by atoms with Crippen LogP contribution in [0.2, 0.25) is 0 Å². The van der Waals surface area contributed by atoms with Crippen LogP contribution in [0.3, 0.4) is 0 Å². The number of anilines is 5. The lowest BCUT2D eigenvalue weighted by atomic mass is 9.89. The summed E-state index contributed by atoms with van der Waals surface area (Å²) in [5, 5.41) is 6.63. The Kier molecular flexibility index (Phi) is 8.66. The highest BCUT2D eigenvalue weighted by Gasteiger charge is 2.36. The van der Waals surface area contributed by atoms with Crippen LogP contribution in [-0.2, 0) is 4.79 Å². The summed E-state index contributed by atoms with van der Waals surface area (Å²) >= 11 is 0. The van der Waals surface area contributed by atoms with Gasteiger partial charge in [0.25, 0.3) is 5.91 Å². The second-order valence-electron chi connectivity index (χ2n) is 13.4. The molecule has 1 saturated heterocycles. The van der Waals surface area contributed by atoms with Gasteiger partial charge in [-0.3, -0.25) is 14.5 Å². The van der Waals surface area contributed by atoms with Crippen molar-refractivity contribution in [3.63, 3.8) is 0 Å². The highest BCUT2D eigenvalue weighted by atomic mass is 19.1. The topological polar surface area (TPSA) is 84.0 Å². The molecule has 2 amide bonds. The molecule has 0 radical (unpaired) electrons. The Morgan fingerprint density at radius 2 is 1.67 bits per heavy atom. The molecule has 2 aliphatic heterocycles. The predicted molar refractivity (Wildman–Crippen MR) is 180 cm³/mol. The van der Waals surface area contributed by atoms with Crippen LogP contribution in [0.15, 0.2) is 60.7 Å². The molecule has 3 fully saturated rings. The molecule has 0 spiro atoms. The summed E-state index contributed by atoms with van der Waals surface area (Å²) in [7, 11) is 1.74. The molecule has 2 aliphatic carbocycles. The predicted octanol–water partition coefficient (Wildman–Crippen LogP) is 5.54. The van der Waals surface area contributed by atoms with Crippen molar-refractivity contribution in [3.8, 4) is 0 Å². The zero-order valence-corrected chi connectivity index (χ0v) is 26.8. The highest BCUT2D eigenvalue weighted by molar-refractivity contribution is 6.06. The molecular formula is C36H44FN7O2. The zero-order valence-electron chi connectivity index (χ0n) is 26.8. The largest absolute Gasteiger partial charge is 0.349 e. The second-order valence-corrected chi connectivity index (χ2v) is 13.4. The van der Waals surface area contributed by atoms with E-state index in [2.05, 4.69) is 20.4 Å². The molecule has 10 heteroatoms. The average molecular weight is 626 g/mol. The summed E-state index contributed by atoms with van der Waals surface area (Å²) in [4.78, 5) is 40.0. The Balaban J connectivity index is 0.974. The number of likely N-dealkylation sites (N-methyl/N-ethyl adjacent to an activating group) is 1. The van der Waals surface area contributed by atoms with Gasteiger partial charge in [-0.2, -0.15) is 0 Å². The minimum Gasteiger partial charge on any atom is -0.349 e. The Labute approximate surface area is 270 Å². The number of rotatable bonds is 8. The molecular weight excluding hydrogens is 581 g/mol. The fourth-order valence-electron chi connectivity index (χ4n) is 7.31. The van der Waals surface area contributed by atoms with Crippen LogP contribution < -0.4 is 20.4 Å². The number of pyridine rings is 1. The summed E-state index contributed by atoms with van der Waals surface area (Å²) in [6, 6.07) is 17.5. The number of nitrogens with zero attached hydrogens (tertiary/aromatic N) is 5. The molecule has 3 heterocycles. The minimum atomic E-state index is -0.519. The first-order valence-corrected chi connectivity index (χ1v) is 16.8. The van der Waals surface area contributed by atoms with E-state index in [0.717, 1.165) is 37.3 Å². The van der Waals surface area contributed by atoms with E-state index in [1.54, 1.807) is 24.1 Å². The highest BCUT2D eigenvalue weighted by Crippen LogP contribution is 2.40. The molecule has 9 nitrogen and oxygen atoms in total. The smallest absolute Gasteiger partial charge is 0.251 e. The van der Waals surface area contributed by atoms with Crippen molar-refractivity contribution in [2.24, 2.45) is 5.92 Å². The van der Waals surface area contributed by atoms with Crippen molar-refractivity contribution in [2.45, 2.75) is 63.6 Å². The Morgan fingerprint density at radius 3 is 2.39 bits per heavy atom. The number of carbonyl (C=O) groups excluding carboxylic acids is 2. The maximum absolute atomic E-state index is 13.7. The lowest BCUT2D eigenvalue weighted by Gasteiger charge is -2.42. The molecule has 7 rings (SSSR count). The summed E-state index contributed by atoms with van der Waals surface area (Å²) < 4.78 is 13.7. The molecule has 4 aliphatic rings. The number of fused-ring (bicyclic) bond motifs is 1. The number of amides is 2. The van der Waals surface area contributed by atoms with E-state index in [0.29, 0.717) is 34.6 Å². The number of benzene rings is 2. The number of hydrogen-bond donors (Lipinski definition) is 2. The lowest BCUT2D eigenvalue weighted by molar-refractivity contribution is -0.119. The van der Waals surface area contributed by atoms with Gasteiger partial charge >= 0.3 is 0 Å². The molecule has 2 saturated carbocycles. The van der Waals surface area contributed by atoms with Gasteiger partial charge in [0, 0.05) is 68.8 Å². The van der Waals surface area contributed by atoms with E-state index in [-0.39, 0.29) is 23.7 Å². The number of carbonyl (C=O) groups is 2. The van der Waals surface area contributed by atoms with Crippen LogP contribution in [0.5, 0.6) is 0 Å². The number of aromatic nitrogens is 1. The molecule has 242 valence electrons. The third kappa shape index (κ3) is 6.59. The van der Waals surface area contributed by atoms with E-state index in [1.165, 1.54) is 57.7 Å². The third-order valence-corrected chi connectivity index (χ3v) is 10.2. The van der Waals surface area contributed by atoms with E-state index < -0.39 is 6.04 Å². The van der Waals surface area contributed by atoms with Crippen LogP contribution >= 0.6 is 0 Å². The van der Waals surface area contributed by atoms with Gasteiger partial charge < -0.3 is 25.3 Å². The molecule has 0 bridgehead atoms. The van der Waals surface area contributed by atoms with Gasteiger partial charge in [0.1, 0.15) is 17.7 Å². The molecule has 2 N–H and O–H groups in total. The monoisotopic (exact) mass is 625 g/mol. The van der Waals surface area contributed by atoms with Gasteiger partial charge in [0.2, 0.25) is 5.91 Å². The SMILES string of the molecule is C[C@@H]1C(=O)N(C)c2ccc(Nc3cccc(C(=O)N[C@H]4CC[C@H](N5CCN(CC6CC6)CC5)CC4)c3)nc2N1c1ccc(F)cc1. The fourth-order valence-corrected chi connectivity index (χ4v) is 7.31. The Morgan fingerprint density at radius 1 is 0.935 bits per heavy atom. The van der Waals surface area contributed by atoms with E-state index >= 15 is 0 Å². The third-order valence-electron chi connectivity index (χ3n) is 10.2. The standard InChI is InChI=1S/C36H44FN7O2/c1-24-36(46)41(2)32-16-17-33(40-34(32)44(24)31-12-8-27(37)9-13-31)38-29-5-3-4-26(22-29)35(45)39-28-10-14-30(15-11-28)43-20-18-42(19-21-43)23-25-6-7-25/h3-5,8-9,12-13,16-17,22,24-25,28,30H,6-7,10-11,14-15,18-21,23H2,1-2H3,(H,38,40)(H,39,45)/t24-,28-,30-/m1/s1.